The van der Waals surface area contributed by atoms with Crippen LogP contribution in [0.2, 0.25) is 0 Å². The number of likely N-dealkylation sites (tertiary alicyclic amines) is 1. The first-order valence-corrected chi connectivity index (χ1v) is 7.77. The summed E-state index contributed by atoms with van der Waals surface area (Å²) < 4.78 is 50.8. The molecule has 0 spiro atoms. The Bertz CT molecular complexity index is 548. The predicted molar refractivity (Wildman–Crippen MR) is 79.9 cm³/mol. The summed E-state index contributed by atoms with van der Waals surface area (Å²) in [6, 6.07) is 4.87. The van der Waals surface area contributed by atoms with E-state index in [0.717, 1.165) is 0 Å². The maximum atomic E-state index is 13.1. The summed E-state index contributed by atoms with van der Waals surface area (Å²) in [5.41, 5.74) is 0.700. The molecule has 134 valence electrons. The summed E-state index contributed by atoms with van der Waals surface area (Å²) >= 11 is 0. The van der Waals surface area contributed by atoms with Crippen LogP contribution in [0, 0.1) is 5.82 Å². The van der Waals surface area contributed by atoms with E-state index in [1.165, 1.54) is 24.3 Å². The number of carbonyl (C=O) groups is 1. The molecule has 1 aromatic rings. The highest BCUT2D eigenvalue weighted by Crippen LogP contribution is 2.29. The zero-order chi connectivity index (χ0) is 17.7. The number of aliphatic hydroxyl groups excluding tert-OH is 1. The van der Waals surface area contributed by atoms with E-state index in [9.17, 15) is 22.4 Å². The van der Waals surface area contributed by atoms with Crippen molar-refractivity contribution in [3.63, 3.8) is 0 Å². The molecule has 0 aliphatic carbocycles. The van der Waals surface area contributed by atoms with Crippen molar-refractivity contribution in [2.24, 2.45) is 0 Å². The number of piperidine rings is 1. The lowest BCUT2D eigenvalue weighted by Crippen LogP contribution is -2.54. The molecule has 8 heteroatoms. The molecule has 0 unspecified atom stereocenters. The van der Waals surface area contributed by atoms with Crippen LogP contribution >= 0.6 is 0 Å². The minimum absolute atomic E-state index is 0.00251. The van der Waals surface area contributed by atoms with Crippen molar-refractivity contribution in [2.45, 2.75) is 31.0 Å². The SMILES string of the molecule is O=C(N[C@H]1CN(CCCO)CC[C@@H]1c1ccc(F)cc1)C(F)(F)F. The Morgan fingerprint density at radius 1 is 1.29 bits per heavy atom. The number of aliphatic hydroxyl groups is 1. The quantitative estimate of drug-likeness (QED) is 0.801. The Balaban J connectivity index is 2.14. The van der Waals surface area contributed by atoms with Gasteiger partial charge in [-0.1, -0.05) is 12.1 Å². The zero-order valence-electron chi connectivity index (χ0n) is 13.0. The third-order valence-electron chi connectivity index (χ3n) is 4.20. The van der Waals surface area contributed by atoms with Crippen LogP contribution in [0.15, 0.2) is 24.3 Å². The average Bonchev–Trinajstić information content (AvgIpc) is 2.53. The van der Waals surface area contributed by atoms with Gasteiger partial charge in [0.05, 0.1) is 0 Å². The number of rotatable bonds is 5. The Hall–Kier alpha value is -1.67. The van der Waals surface area contributed by atoms with E-state index in [2.05, 4.69) is 5.32 Å². The van der Waals surface area contributed by atoms with Gasteiger partial charge in [-0.25, -0.2) is 4.39 Å². The van der Waals surface area contributed by atoms with E-state index in [0.29, 0.717) is 31.5 Å². The first-order chi connectivity index (χ1) is 11.3. The molecule has 1 fully saturated rings. The molecule has 1 aliphatic heterocycles. The molecular weight excluding hydrogens is 328 g/mol. The van der Waals surface area contributed by atoms with Crippen LogP contribution in [0.25, 0.3) is 0 Å². The molecule has 2 atom stereocenters. The summed E-state index contributed by atoms with van der Waals surface area (Å²) in [5.74, 6) is -2.71. The van der Waals surface area contributed by atoms with Crippen LogP contribution in [0.5, 0.6) is 0 Å². The van der Waals surface area contributed by atoms with Crippen molar-refractivity contribution in [3.8, 4) is 0 Å². The Morgan fingerprint density at radius 2 is 1.96 bits per heavy atom. The van der Waals surface area contributed by atoms with Crippen LogP contribution in [0.4, 0.5) is 17.6 Å². The summed E-state index contributed by atoms with van der Waals surface area (Å²) in [6.07, 6.45) is -3.89. The van der Waals surface area contributed by atoms with E-state index in [1.54, 1.807) is 0 Å². The number of benzene rings is 1. The maximum absolute atomic E-state index is 13.1. The maximum Gasteiger partial charge on any atom is 0.471 e. The second kappa shape index (κ2) is 7.94. The fourth-order valence-electron chi connectivity index (χ4n) is 3.02. The normalized spacial score (nSPS) is 22.4. The number of hydrogen-bond acceptors (Lipinski definition) is 3. The minimum Gasteiger partial charge on any atom is -0.396 e. The molecule has 0 radical (unpaired) electrons. The molecule has 1 aliphatic rings. The van der Waals surface area contributed by atoms with Crippen LogP contribution in [-0.2, 0) is 4.79 Å². The van der Waals surface area contributed by atoms with Gasteiger partial charge < -0.3 is 15.3 Å². The molecule has 1 amide bonds. The van der Waals surface area contributed by atoms with Gasteiger partial charge in [-0.3, -0.25) is 4.79 Å². The first-order valence-electron chi connectivity index (χ1n) is 7.77. The zero-order valence-corrected chi connectivity index (χ0v) is 13.0. The molecule has 1 saturated heterocycles. The van der Waals surface area contributed by atoms with Gasteiger partial charge in [-0.15, -0.1) is 0 Å². The number of carbonyl (C=O) groups excluding carboxylic acids is 1. The van der Waals surface area contributed by atoms with Gasteiger partial charge >= 0.3 is 12.1 Å². The number of hydrogen-bond donors (Lipinski definition) is 2. The molecule has 4 nitrogen and oxygen atoms in total. The first kappa shape index (κ1) is 18.7. The molecule has 0 saturated carbocycles. The second-order valence-electron chi connectivity index (χ2n) is 5.90. The van der Waals surface area contributed by atoms with Gasteiger partial charge in [0.25, 0.3) is 0 Å². The van der Waals surface area contributed by atoms with Crippen molar-refractivity contribution in [2.75, 3.05) is 26.2 Å². The number of amides is 1. The predicted octanol–water partition coefficient (Wildman–Crippen LogP) is 2.04. The lowest BCUT2D eigenvalue weighted by molar-refractivity contribution is -0.174. The highest BCUT2D eigenvalue weighted by atomic mass is 19.4. The smallest absolute Gasteiger partial charge is 0.396 e. The lowest BCUT2D eigenvalue weighted by atomic mass is 9.85. The molecule has 1 aromatic carbocycles. The third-order valence-corrected chi connectivity index (χ3v) is 4.20. The van der Waals surface area contributed by atoms with Crippen molar-refractivity contribution >= 4 is 5.91 Å². The topological polar surface area (TPSA) is 52.6 Å². The van der Waals surface area contributed by atoms with E-state index in [1.807, 2.05) is 4.90 Å². The Morgan fingerprint density at radius 3 is 2.54 bits per heavy atom. The highest BCUT2D eigenvalue weighted by molar-refractivity contribution is 5.82. The highest BCUT2D eigenvalue weighted by Gasteiger charge is 2.42. The summed E-state index contributed by atoms with van der Waals surface area (Å²) in [7, 11) is 0. The van der Waals surface area contributed by atoms with Crippen LogP contribution in [0.1, 0.15) is 24.3 Å². The average molecular weight is 348 g/mol. The van der Waals surface area contributed by atoms with E-state index in [-0.39, 0.29) is 19.1 Å². The van der Waals surface area contributed by atoms with Crippen molar-refractivity contribution in [3.05, 3.63) is 35.6 Å². The largest absolute Gasteiger partial charge is 0.471 e. The lowest BCUT2D eigenvalue weighted by Gasteiger charge is -2.39. The number of nitrogens with one attached hydrogen (secondary N) is 1. The molecule has 24 heavy (non-hydrogen) atoms. The van der Waals surface area contributed by atoms with E-state index < -0.39 is 23.9 Å². The summed E-state index contributed by atoms with van der Waals surface area (Å²) in [4.78, 5) is 13.2. The molecule has 0 bridgehead atoms. The fraction of sp³-hybridized carbons (Fsp3) is 0.562. The number of nitrogens with zero attached hydrogens (tertiary/aromatic N) is 1. The van der Waals surface area contributed by atoms with Crippen molar-refractivity contribution in [1.82, 2.24) is 10.2 Å². The molecular formula is C16H20F4N2O2. The summed E-state index contributed by atoms with van der Waals surface area (Å²) in [6.45, 7) is 1.44. The summed E-state index contributed by atoms with van der Waals surface area (Å²) in [5, 5.41) is 11.0. The number of halogens is 4. The Labute approximate surface area is 137 Å². The van der Waals surface area contributed by atoms with Gasteiger partial charge in [0.1, 0.15) is 5.82 Å². The molecule has 2 rings (SSSR count). The van der Waals surface area contributed by atoms with Gasteiger partial charge in [0.2, 0.25) is 0 Å². The standard InChI is InChI=1S/C16H20F4N2O2/c17-12-4-2-11(3-5-12)13-6-8-22(7-1-9-23)10-14(13)21-15(24)16(18,19)20/h2-5,13-14,23H,1,6-10H2,(H,21,24)/t13-,14+/m1/s1. The van der Waals surface area contributed by atoms with Crippen molar-refractivity contribution < 1.29 is 27.5 Å². The van der Waals surface area contributed by atoms with E-state index in [4.69, 9.17) is 5.11 Å². The van der Waals surface area contributed by atoms with Gasteiger partial charge in [-0.2, -0.15) is 13.2 Å². The Kier molecular flexibility index (Phi) is 6.17. The van der Waals surface area contributed by atoms with E-state index >= 15 is 0 Å². The third kappa shape index (κ3) is 4.91. The molecule has 1 heterocycles. The van der Waals surface area contributed by atoms with Gasteiger partial charge in [-0.05, 0) is 37.1 Å². The van der Waals surface area contributed by atoms with Crippen LogP contribution < -0.4 is 5.32 Å². The van der Waals surface area contributed by atoms with Gasteiger partial charge in [0.15, 0.2) is 0 Å². The monoisotopic (exact) mass is 348 g/mol. The minimum atomic E-state index is -4.94. The van der Waals surface area contributed by atoms with Crippen LogP contribution in [-0.4, -0.2) is 54.4 Å². The van der Waals surface area contributed by atoms with Crippen molar-refractivity contribution in [1.29, 1.82) is 0 Å². The second-order valence-corrected chi connectivity index (χ2v) is 5.90. The fourth-order valence-corrected chi connectivity index (χ4v) is 3.02. The van der Waals surface area contributed by atoms with Gasteiger partial charge in [0, 0.05) is 31.7 Å². The number of alkyl halides is 3. The van der Waals surface area contributed by atoms with Crippen LogP contribution in [0.3, 0.4) is 0 Å². The molecule has 2 N–H and O–H groups in total. The molecule has 0 aromatic heterocycles.